The maximum absolute atomic E-state index is 7.46. The first kappa shape index (κ1) is 14.9. The van der Waals surface area contributed by atoms with Crippen molar-refractivity contribution < 1.29 is 9.47 Å². The molecule has 6 heteroatoms. The van der Waals surface area contributed by atoms with Crippen LogP contribution in [0.1, 0.15) is 17.4 Å². The zero-order valence-corrected chi connectivity index (χ0v) is 13.4. The number of hydrogen-bond acceptors (Lipinski definition) is 4. The molecule has 3 N–H and O–H groups in total. The van der Waals surface area contributed by atoms with E-state index in [-0.39, 0.29) is 5.84 Å². The van der Waals surface area contributed by atoms with Gasteiger partial charge in [0, 0.05) is 10.0 Å². The molecule has 20 heavy (non-hydrogen) atoms. The maximum Gasteiger partial charge on any atom is 0.161 e. The number of halogens is 1. The van der Waals surface area contributed by atoms with Gasteiger partial charge in [0.25, 0.3) is 0 Å². The highest BCUT2D eigenvalue weighted by Gasteiger charge is 2.09. The van der Waals surface area contributed by atoms with Crippen molar-refractivity contribution in [2.24, 2.45) is 5.73 Å². The molecule has 0 fully saturated rings. The average molecular weight is 355 g/mol. The molecule has 0 saturated carbocycles. The van der Waals surface area contributed by atoms with Crippen molar-refractivity contribution in [2.45, 2.75) is 13.5 Å². The number of nitrogens with one attached hydrogen (secondary N) is 1. The molecule has 0 unspecified atom stereocenters. The van der Waals surface area contributed by atoms with Gasteiger partial charge in [0.15, 0.2) is 11.5 Å². The molecule has 106 valence electrons. The summed E-state index contributed by atoms with van der Waals surface area (Å²) in [6.45, 7) is 2.90. The molecule has 0 aliphatic rings. The van der Waals surface area contributed by atoms with Gasteiger partial charge in [-0.15, -0.1) is 11.3 Å². The first-order valence-corrected chi connectivity index (χ1v) is 7.75. The Morgan fingerprint density at radius 1 is 1.30 bits per heavy atom. The summed E-state index contributed by atoms with van der Waals surface area (Å²) < 4.78 is 12.4. The molecule has 0 amide bonds. The minimum absolute atomic E-state index is 0.0125. The predicted molar refractivity (Wildman–Crippen MR) is 85.0 cm³/mol. The van der Waals surface area contributed by atoms with Crippen molar-refractivity contribution in [2.75, 3.05) is 6.61 Å². The van der Waals surface area contributed by atoms with Gasteiger partial charge in [-0.3, -0.25) is 5.41 Å². The first-order chi connectivity index (χ1) is 9.61. The quantitative estimate of drug-likeness (QED) is 0.612. The van der Waals surface area contributed by atoms with Crippen LogP contribution < -0.4 is 15.2 Å². The minimum atomic E-state index is 0.0125. The van der Waals surface area contributed by atoms with Gasteiger partial charge < -0.3 is 15.2 Å². The Morgan fingerprint density at radius 3 is 2.70 bits per heavy atom. The van der Waals surface area contributed by atoms with Crippen LogP contribution in [0.3, 0.4) is 0 Å². The second-order valence-corrected chi connectivity index (χ2v) is 5.84. The third kappa shape index (κ3) is 3.52. The zero-order chi connectivity index (χ0) is 14.5. The van der Waals surface area contributed by atoms with Gasteiger partial charge >= 0.3 is 0 Å². The van der Waals surface area contributed by atoms with E-state index in [1.165, 1.54) is 0 Å². The Labute approximate surface area is 130 Å². The van der Waals surface area contributed by atoms with Crippen LogP contribution in [-0.4, -0.2) is 12.4 Å². The van der Waals surface area contributed by atoms with Gasteiger partial charge in [0.2, 0.25) is 0 Å². The summed E-state index contributed by atoms with van der Waals surface area (Å²) in [5.74, 6) is 1.27. The number of nitrogens with two attached hydrogens (primary N) is 1. The molecule has 0 aliphatic carbocycles. The first-order valence-electron chi connectivity index (χ1n) is 6.07. The summed E-state index contributed by atoms with van der Waals surface area (Å²) in [7, 11) is 0. The van der Waals surface area contributed by atoms with Crippen LogP contribution >= 0.6 is 27.3 Å². The SMILES string of the molecule is CCOc1cc(C(=N)N)ccc1OCc1sccc1Br. The van der Waals surface area contributed by atoms with E-state index in [9.17, 15) is 0 Å². The summed E-state index contributed by atoms with van der Waals surface area (Å²) in [6.07, 6.45) is 0. The van der Waals surface area contributed by atoms with E-state index in [1.807, 2.05) is 18.4 Å². The van der Waals surface area contributed by atoms with Gasteiger partial charge in [0.1, 0.15) is 12.4 Å². The van der Waals surface area contributed by atoms with Crippen molar-refractivity contribution in [3.05, 3.63) is 44.6 Å². The standard InChI is InChI=1S/C14H15BrN2O2S/c1-2-18-12-7-9(14(16)17)3-4-11(12)19-8-13-10(15)5-6-20-13/h3-7H,2,8H2,1H3,(H3,16,17). The largest absolute Gasteiger partial charge is 0.490 e. The van der Waals surface area contributed by atoms with E-state index >= 15 is 0 Å². The molecule has 0 atom stereocenters. The Morgan fingerprint density at radius 2 is 2.10 bits per heavy atom. The summed E-state index contributed by atoms with van der Waals surface area (Å²) in [6, 6.07) is 7.25. The van der Waals surface area contributed by atoms with E-state index in [4.69, 9.17) is 20.6 Å². The van der Waals surface area contributed by atoms with Crippen molar-refractivity contribution in [3.8, 4) is 11.5 Å². The highest BCUT2D eigenvalue weighted by molar-refractivity contribution is 9.10. The number of thiophene rings is 1. The van der Waals surface area contributed by atoms with Crippen LogP contribution in [0.2, 0.25) is 0 Å². The normalized spacial score (nSPS) is 10.3. The molecule has 1 aromatic heterocycles. The molecule has 2 rings (SSSR count). The number of hydrogen-bond donors (Lipinski definition) is 2. The molecule has 1 aromatic carbocycles. The van der Waals surface area contributed by atoms with E-state index in [1.54, 1.807) is 29.5 Å². The summed E-state index contributed by atoms with van der Waals surface area (Å²) in [5.41, 5.74) is 6.11. The molecule has 2 aromatic rings. The topological polar surface area (TPSA) is 68.3 Å². The van der Waals surface area contributed by atoms with Crippen molar-refractivity contribution in [1.82, 2.24) is 0 Å². The molecular formula is C14H15BrN2O2S. The Kier molecular flexibility index (Phi) is 5.03. The Hall–Kier alpha value is -1.53. The Bertz CT molecular complexity index is 613. The van der Waals surface area contributed by atoms with Crippen LogP contribution in [0.25, 0.3) is 0 Å². The fourth-order valence-electron chi connectivity index (χ4n) is 1.63. The van der Waals surface area contributed by atoms with Crippen LogP contribution in [0.5, 0.6) is 11.5 Å². The van der Waals surface area contributed by atoms with Crippen molar-refractivity contribution in [3.63, 3.8) is 0 Å². The van der Waals surface area contributed by atoms with Crippen molar-refractivity contribution >= 4 is 33.1 Å². The molecule has 4 nitrogen and oxygen atoms in total. The van der Waals surface area contributed by atoms with Crippen LogP contribution in [0.15, 0.2) is 34.1 Å². The molecule has 0 spiro atoms. The average Bonchev–Trinajstić information content (AvgIpc) is 2.83. The molecule has 0 bridgehead atoms. The number of ether oxygens (including phenoxy) is 2. The second-order valence-electron chi connectivity index (χ2n) is 3.99. The van der Waals surface area contributed by atoms with E-state index in [0.717, 1.165) is 9.35 Å². The highest BCUT2D eigenvalue weighted by Crippen LogP contribution is 2.31. The van der Waals surface area contributed by atoms with E-state index in [0.29, 0.717) is 30.3 Å². The predicted octanol–water partition coefficient (Wildman–Crippen LogP) is 3.77. The van der Waals surface area contributed by atoms with Gasteiger partial charge in [0.05, 0.1) is 11.5 Å². The molecule has 0 radical (unpaired) electrons. The fourth-order valence-corrected chi connectivity index (χ4v) is 3.01. The zero-order valence-electron chi connectivity index (χ0n) is 11.0. The van der Waals surface area contributed by atoms with E-state index < -0.39 is 0 Å². The number of amidine groups is 1. The molecule has 0 aliphatic heterocycles. The minimum Gasteiger partial charge on any atom is -0.490 e. The maximum atomic E-state index is 7.46. The lowest BCUT2D eigenvalue weighted by Crippen LogP contribution is -2.11. The summed E-state index contributed by atoms with van der Waals surface area (Å²) in [4.78, 5) is 1.11. The third-order valence-corrected chi connectivity index (χ3v) is 4.50. The van der Waals surface area contributed by atoms with Crippen LogP contribution in [0, 0.1) is 5.41 Å². The summed E-state index contributed by atoms with van der Waals surface area (Å²) in [5, 5.41) is 9.46. The lowest BCUT2D eigenvalue weighted by atomic mass is 10.2. The van der Waals surface area contributed by atoms with Crippen LogP contribution in [-0.2, 0) is 6.61 Å². The monoisotopic (exact) mass is 354 g/mol. The molecular weight excluding hydrogens is 340 g/mol. The number of nitrogen functional groups attached to an aromatic ring is 1. The molecule has 0 saturated heterocycles. The Balaban J connectivity index is 2.17. The fraction of sp³-hybridized carbons (Fsp3) is 0.214. The van der Waals surface area contributed by atoms with Crippen LogP contribution in [0.4, 0.5) is 0 Å². The van der Waals surface area contributed by atoms with Gasteiger partial charge in [-0.25, -0.2) is 0 Å². The highest BCUT2D eigenvalue weighted by atomic mass is 79.9. The van der Waals surface area contributed by atoms with E-state index in [2.05, 4.69) is 15.9 Å². The lowest BCUT2D eigenvalue weighted by Gasteiger charge is -2.12. The lowest BCUT2D eigenvalue weighted by molar-refractivity contribution is 0.271. The van der Waals surface area contributed by atoms with Crippen molar-refractivity contribution in [1.29, 1.82) is 5.41 Å². The summed E-state index contributed by atoms with van der Waals surface area (Å²) >= 11 is 5.10. The third-order valence-electron chi connectivity index (χ3n) is 2.60. The van der Waals surface area contributed by atoms with Gasteiger partial charge in [-0.05, 0) is 52.5 Å². The second kappa shape index (κ2) is 6.76. The van der Waals surface area contributed by atoms with Gasteiger partial charge in [-0.2, -0.15) is 0 Å². The number of rotatable bonds is 6. The van der Waals surface area contributed by atoms with Gasteiger partial charge in [-0.1, -0.05) is 0 Å². The molecule has 1 heterocycles. The smallest absolute Gasteiger partial charge is 0.161 e. The number of benzene rings is 1.